The Bertz CT molecular complexity index is 948. The zero-order valence-corrected chi connectivity index (χ0v) is 13.5. The van der Waals surface area contributed by atoms with Crippen LogP contribution in [0.5, 0.6) is 5.75 Å². The molecule has 0 N–H and O–H groups in total. The molecule has 0 aromatic heterocycles. The SMILES string of the molecule is O=C(Oc1ccc([N+](=O)[O-])cc1)c1ccc(C(=O)c2ccccc2)cc1. The summed E-state index contributed by atoms with van der Waals surface area (Å²) >= 11 is 0. The minimum absolute atomic E-state index is 0.0893. The summed E-state index contributed by atoms with van der Waals surface area (Å²) in [5.74, 6) is -0.552. The fourth-order valence-corrected chi connectivity index (χ4v) is 2.32. The number of nitrogens with zero attached hydrogens (tertiary/aromatic N) is 1. The number of nitro benzene ring substituents is 1. The Morgan fingerprint density at radius 3 is 1.85 bits per heavy atom. The van der Waals surface area contributed by atoms with Crippen LogP contribution in [0.2, 0.25) is 0 Å². The topological polar surface area (TPSA) is 86.5 Å². The van der Waals surface area contributed by atoms with E-state index in [1.165, 1.54) is 36.4 Å². The summed E-state index contributed by atoms with van der Waals surface area (Å²) in [4.78, 5) is 34.6. The fraction of sp³-hybridized carbons (Fsp3) is 0. The summed E-state index contributed by atoms with van der Waals surface area (Å²) in [6.45, 7) is 0. The summed E-state index contributed by atoms with van der Waals surface area (Å²) < 4.78 is 5.17. The fourth-order valence-electron chi connectivity index (χ4n) is 2.32. The average molecular weight is 347 g/mol. The molecule has 26 heavy (non-hydrogen) atoms. The standard InChI is InChI=1S/C20H13NO5/c22-19(14-4-2-1-3-5-14)15-6-8-16(9-7-15)20(23)26-18-12-10-17(11-13-18)21(24)25/h1-13H. The Morgan fingerprint density at radius 2 is 1.27 bits per heavy atom. The van der Waals surface area contributed by atoms with Crippen molar-refractivity contribution in [1.82, 2.24) is 0 Å². The molecule has 0 radical (unpaired) electrons. The minimum atomic E-state index is -0.613. The zero-order chi connectivity index (χ0) is 18.5. The van der Waals surface area contributed by atoms with Gasteiger partial charge in [-0.15, -0.1) is 0 Å². The van der Waals surface area contributed by atoms with Crippen molar-refractivity contribution in [2.24, 2.45) is 0 Å². The van der Waals surface area contributed by atoms with E-state index in [-0.39, 0.29) is 22.8 Å². The lowest BCUT2D eigenvalue weighted by atomic mass is 10.0. The summed E-state index contributed by atoms with van der Waals surface area (Å²) in [5, 5.41) is 10.6. The Labute approximate surface area is 148 Å². The van der Waals surface area contributed by atoms with Crippen LogP contribution >= 0.6 is 0 Å². The second-order valence-corrected chi connectivity index (χ2v) is 5.41. The van der Waals surface area contributed by atoms with Gasteiger partial charge in [-0.3, -0.25) is 14.9 Å². The van der Waals surface area contributed by atoms with Crippen LogP contribution in [-0.2, 0) is 0 Å². The Hall–Kier alpha value is -3.80. The first-order valence-corrected chi connectivity index (χ1v) is 7.71. The van der Waals surface area contributed by atoms with Crippen molar-refractivity contribution in [2.45, 2.75) is 0 Å². The highest BCUT2D eigenvalue weighted by Crippen LogP contribution is 2.19. The molecule has 6 heteroatoms. The normalized spacial score (nSPS) is 10.2. The van der Waals surface area contributed by atoms with Gasteiger partial charge in [0.15, 0.2) is 5.78 Å². The van der Waals surface area contributed by atoms with Gasteiger partial charge in [0.1, 0.15) is 5.75 Å². The molecule has 0 fully saturated rings. The third-order valence-electron chi connectivity index (χ3n) is 3.68. The number of nitro groups is 1. The highest BCUT2D eigenvalue weighted by atomic mass is 16.6. The molecular formula is C20H13NO5. The van der Waals surface area contributed by atoms with E-state index in [1.54, 1.807) is 36.4 Å². The van der Waals surface area contributed by atoms with Crippen molar-refractivity contribution in [3.05, 3.63) is 106 Å². The molecule has 0 aliphatic heterocycles. The van der Waals surface area contributed by atoms with Gasteiger partial charge >= 0.3 is 5.97 Å². The maximum atomic E-state index is 12.3. The highest BCUT2D eigenvalue weighted by molar-refractivity contribution is 6.09. The van der Waals surface area contributed by atoms with Crippen molar-refractivity contribution in [1.29, 1.82) is 0 Å². The van der Waals surface area contributed by atoms with Gasteiger partial charge in [0.2, 0.25) is 0 Å². The maximum absolute atomic E-state index is 12.3. The molecule has 0 aliphatic rings. The first-order valence-electron chi connectivity index (χ1n) is 7.71. The largest absolute Gasteiger partial charge is 0.423 e. The lowest BCUT2D eigenvalue weighted by Gasteiger charge is -2.05. The number of hydrogen-bond acceptors (Lipinski definition) is 5. The number of esters is 1. The molecule has 0 bridgehead atoms. The van der Waals surface area contributed by atoms with Crippen molar-refractivity contribution in [2.75, 3.05) is 0 Å². The lowest BCUT2D eigenvalue weighted by Crippen LogP contribution is -2.09. The number of benzene rings is 3. The van der Waals surface area contributed by atoms with Crippen LogP contribution in [0, 0.1) is 10.1 Å². The molecule has 0 heterocycles. The van der Waals surface area contributed by atoms with Gasteiger partial charge in [0.25, 0.3) is 5.69 Å². The van der Waals surface area contributed by atoms with Crippen LogP contribution in [0.15, 0.2) is 78.9 Å². The minimum Gasteiger partial charge on any atom is -0.423 e. The van der Waals surface area contributed by atoms with Gasteiger partial charge < -0.3 is 4.74 Å². The molecule has 0 spiro atoms. The van der Waals surface area contributed by atoms with E-state index in [0.29, 0.717) is 11.1 Å². The molecule has 3 aromatic rings. The second-order valence-electron chi connectivity index (χ2n) is 5.41. The first-order chi connectivity index (χ1) is 12.5. The van der Waals surface area contributed by atoms with E-state index in [4.69, 9.17) is 4.74 Å². The molecule has 0 atom stereocenters. The average Bonchev–Trinajstić information content (AvgIpc) is 2.68. The lowest BCUT2D eigenvalue weighted by molar-refractivity contribution is -0.384. The number of non-ortho nitro benzene ring substituents is 1. The second kappa shape index (κ2) is 7.40. The summed E-state index contributed by atoms with van der Waals surface area (Å²) in [6.07, 6.45) is 0. The third kappa shape index (κ3) is 3.81. The highest BCUT2D eigenvalue weighted by Gasteiger charge is 2.13. The summed E-state index contributed by atoms with van der Waals surface area (Å²) in [7, 11) is 0. The Kier molecular flexibility index (Phi) is 4.85. The number of ketones is 1. The zero-order valence-electron chi connectivity index (χ0n) is 13.5. The number of carbonyl (C=O) groups is 2. The molecule has 128 valence electrons. The van der Waals surface area contributed by atoms with E-state index in [1.807, 2.05) is 6.07 Å². The van der Waals surface area contributed by atoms with Crippen LogP contribution in [0.3, 0.4) is 0 Å². The van der Waals surface area contributed by atoms with Gasteiger partial charge in [-0.2, -0.15) is 0 Å². The molecule has 0 amide bonds. The van der Waals surface area contributed by atoms with Gasteiger partial charge in [0.05, 0.1) is 10.5 Å². The number of ether oxygens (including phenoxy) is 1. The maximum Gasteiger partial charge on any atom is 0.343 e. The predicted molar refractivity (Wildman–Crippen MR) is 94.4 cm³/mol. The van der Waals surface area contributed by atoms with Gasteiger partial charge in [0, 0.05) is 23.3 Å². The molecule has 6 nitrogen and oxygen atoms in total. The Balaban J connectivity index is 1.71. The summed E-state index contributed by atoms with van der Waals surface area (Å²) in [6, 6.07) is 20.2. The van der Waals surface area contributed by atoms with Crippen molar-refractivity contribution in [3.8, 4) is 5.75 Å². The van der Waals surface area contributed by atoms with Gasteiger partial charge in [-0.25, -0.2) is 4.79 Å². The molecule has 0 aliphatic carbocycles. The number of carbonyl (C=O) groups excluding carboxylic acids is 2. The van der Waals surface area contributed by atoms with Gasteiger partial charge in [-0.05, 0) is 24.3 Å². The molecule has 3 rings (SSSR count). The first kappa shape index (κ1) is 17.0. The van der Waals surface area contributed by atoms with Crippen molar-refractivity contribution < 1.29 is 19.2 Å². The summed E-state index contributed by atoms with van der Waals surface area (Å²) in [5.41, 5.74) is 1.21. The molecular weight excluding hydrogens is 334 g/mol. The third-order valence-corrected chi connectivity index (χ3v) is 3.68. The van der Waals surface area contributed by atoms with Crippen LogP contribution < -0.4 is 4.74 Å². The molecule has 0 saturated heterocycles. The van der Waals surface area contributed by atoms with Crippen LogP contribution in [0.1, 0.15) is 26.3 Å². The van der Waals surface area contributed by atoms with Crippen molar-refractivity contribution in [3.63, 3.8) is 0 Å². The Morgan fingerprint density at radius 1 is 0.731 bits per heavy atom. The van der Waals surface area contributed by atoms with Crippen LogP contribution in [0.25, 0.3) is 0 Å². The van der Waals surface area contributed by atoms with Crippen LogP contribution in [-0.4, -0.2) is 16.7 Å². The predicted octanol–water partition coefficient (Wildman–Crippen LogP) is 4.05. The number of hydrogen-bond donors (Lipinski definition) is 0. The van der Waals surface area contributed by atoms with E-state index in [2.05, 4.69) is 0 Å². The molecule has 0 saturated carbocycles. The van der Waals surface area contributed by atoms with E-state index in [9.17, 15) is 19.7 Å². The van der Waals surface area contributed by atoms with E-state index >= 15 is 0 Å². The van der Waals surface area contributed by atoms with Crippen LogP contribution in [0.4, 0.5) is 5.69 Å². The quantitative estimate of drug-likeness (QED) is 0.228. The van der Waals surface area contributed by atoms with E-state index < -0.39 is 10.9 Å². The monoisotopic (exact) mass is 347 g/mol. The van der Waals surface area contributed by atoms with Gasteiger partial charge in [-0.1, -0.05) is 42.5 Å². The van der Waals surface area contributed by atoms with Crippen molar-refractivity contribution >= 4 is 17.4 Å². The molecule has 3 aromatic carbocycles. The number of rotatable bonds is 5. The smallest absolute Gasteiger partial charge is 0.343 e. The van der Waals surface area contributed by atoms with E-state index in [0.717, 1.165) is 0 Å². The molecule has 0 unspecified atom stereocenters.